The molecule has 5 aliphatic rings. The summed E-state index contributed by atoms with van der Waals surface area (Å²) in [6.45, 7) is 26.7. The molecule has 466 valence electrons. The van der Waals surface area contributed by atoms with Gasteiger partial charge >= 0.3 is 0 Å². The minimum Gasteiger partial charge on any atom is -0.372 e. The maximum absolute atomic E-state index is 13.0. The number of carbonyl (C=O) groups excluding carboxylic acids is 2. The van der Waals surface area contributed by atoms with E-state index in [9.17, 15) is 34.8 Å². The number of rotatable bonds is 17. The van der Waals surface area contributed by atoms with Crippen LogP contribution in [0.25, 0.3) is 0 Å². The lowest BCUT2D eigenvalue weighted by atomic mass is 9.80. The minimum absolute atomic E-state index is 0.0689. The van der Waals surface area contributed by atoms with Crippen molar-refractivity contribution in [2.75, 3.05) is 37.7 Å². The predicted molar refractivity (Wildman–Crippen MR) is 339 cm³/mol. The Labute approximate surface area is 503 Å². The number of aryl methyl sites for hydroxylation is 3. The quantitative estimate of drug-likeness (QED) is 0.127. The topological polar surface area (TPSA) is 161 Å². The Morgan fingerprint density at radius 3 is 1.08 bits per heavy atom. The molecule has 3 saturated carbocycles. The zero-order chi connectivity index (χ0) is 61.1. The molecular weight excluding hydrogens is 1100 g/mol. The molecule has 4 atom stereocenters. The molecule has 83 heavy (non-hydrogen) atoms. The second-order valence-corrected chi connectivity index (χ2v) is 37.0. The molecule has 12 nitrogen and oxygen atoms in total. The summed E-state index contributed by atoms with van der Waals surface area (Å²) in [6.07, 6.45) is 18.2. The predicted octanol–water partition coefficient (Wildman–Crippen LogP) is 13.5. The molecule has 3 aliphatic carbocycles. The van der Waals surface area contributed by atoms with Gasteiger partial charge in [-0.1, -0.05) is 87.1 Å². The van der Waals surface area contributed by atoms with Crippen LogP contribution in [0.5, 0.6) is 0 Å². The summed E-state index contributed by atoms with van der Waals surface area (Å²) in [7, 11) is -9.16. The highest BCUT2D eigenvalue weighted by Crippen LogP contribution is 2.37. The van der Waals surface area contributed by atoms with Gasteiger partial charge in [-0.15, -0.1) is 0 Å². The van der Waals surface area contributed by atoms with Crippen LogP contribution in [-0.4, -0.2) is 123 Å². The number of carbonyl (C=O) groups is 2. The van der Waals surface area contributed by atoms with Crippen LogP contribution in [0.1, 0.15) is 216 Å². The molecule has 2 saturated heterocycles. The lowest BCUT2D eigenvalue weighted by Crippen LogP contribution is -2.48. The Kier molecular flexibility index (Phi) is 24.2. The third-order valence-corrected chi connectivity index (χ3v) is 26.2. The highest BCUT2D eigenvalue weighted by atomic mass is 32.2. The number of hydrogen-bond donors (Lipinski definition) is 0. The van der Waals surface area contributed by atoms with Crippen molar-refractivity contribution in [2.24, 2.45) is 29.6 Å². The summed E-state index contributed by atoms with van der Waals surface area (Å²) in [4.78, 5) is 29.6. The highest BCUT2D eigenvalue weighted by molar-refractivity contribution is 7.93. The number of benzene rings is 3. The first-order valence-electron chi connectivity index (χ1n) is 31.5. The SMILES string of the molecule is CC(C)(C)S(=O)(=O)Cc1ccc(CCC2CC2)cc1.C[C@@H]1CN(C(=O)c2ccc(CCC3CCC(CS(=O)(=O)C(C)(C)C)CC3)cc2)C[C@H](C)O1.C[C@@H]1CN(C(=O)c2cccc(CCC3CCC(CS(=O)(=O)C(C)(C)C)CC3)c2)C[C@H](C)O1. The molecule has 8 rings (SSSR count). The van der Waals surface area contributed by atoms with E-state index in [1.165, 1.54) is 36.0 Å². The molecule has 15 heteroatoms. The van der Waals surface area contributed by atoms with Crippen LogP contribution in [0.15, 0.2) is 72.8 Å². The Hall–Kier alpha value is -3.63. The van der Waals surface area contributed by atoms with Crippen molar-refractivity contribution < 1.29 is 44.3 Å². The Bertz CT molecular complexity index is 2860. The fourth-order valence-corrected chi connectivity index (χ4v) is 15.9. The number of morpholine rings is 2. The molecule has 2 aliphatic heterocycles. The monoisotopic (exact) mass is 1210 g/mol. The number of amides is 2. The molecule has 3 aromatic rings. The van der Waals surface area contributed by atoms with Crippen LogP contribution in [0.4, 0.5) is 0 Å². The maximum atomic E-state index is 13.0. The maximum Gasteiger partial charge on any atom is 0.254 e. The zero-order valence-electron chi connectivity index (χ0n) is 53.1. The Balaban J connectivity index is 0.000000207. The largest absolute Gasteiger partial charge is 0.372 e. The van der Waals surface area contributed by atoms with E-state index in [0.717, 1.165) is 106 Å². The van der Waals surface area contributed by atoms with Crippen molar-refractivity contribution in [2.45, 2.75) is 237 Å². The Morgan fingerprint density at radius 1 is 0.410 bits per heavy atom. The van der Waals surface area contributed by atoms with E-state index in [0.29, 0.717) is 61.4 Å². The standard InChI is InChI=1S/2C26H41NO4S.C16H24O2S/c1-19-16-27(17-20(2)31-19)25(28)24-14-12-22(13-15-24)7-6-21-8-10-23(11-9-21)18-32(29,30)26(3,4)5;1-19-16-27(17-20(2)31-19)25(28)24-8-6-7-22(15-24)12-9-21-10-13-23(14-11-21)18-32(29,30)26(3,4)5;1-16(2,3)19(17,18)12-15-10-8-14(9-11-15)7-6-13-4-5-13/h12-15,19-21,23H,6-11,16-18H2,1-5H3;6-8,15,19-21,23H,9-14,16-18H2,1-5H3;8-11,13H,4-7,12H2,1-3H3/t2*19-,20+,21?,23?;. The third kappa shape index (κ3) is 21.3. The van der Waals surface area contributed by atoms with Crippen LogP contribution in [0.3, 0.4) is 0 Å². The van der Waals surface area contributed by atoms with Gasteiger partial charge in [-0.25, -0.2) is 25.3 Å². The fraction of sp³-hybridized carbons (Fsp3) is 0.706. The Morgan fingerprint density at radius 2 is 0.723 bits per heavy atom. The van der Waals surface area contributed by atoms with Crippen molar-refractivity contribution in [1.29, 1.82) is 0 Å². The van der Waals surface area contributed by atoms with Gasteiger partial charge in [0.05, 0.1) is 55.9 Å². The molecule has 0 unspecified atom stereocenters. The van der Waals surface area contributed by atoms with Crippen molar-refractivity contribution in [1.82, 2.24) is 9.80 Å². The molecule has 0 N–H and O–H groups in total. The highest BCUT2D eigenvalue weighted by Gasteiger charge is 2.36. The van der Waals surface area contributed by atoms with E-state index in [2.05, 4.69) is 36.4 Å². The zero-order valence-corrected chi connectivity index (χ0v) is 55.5. The summed E-state index contributed by atoms with van der Waals surface area (Å²) in [5.41, 5.74) is 6.20. The van der Waals surface area contributed by atoms with Gasteiger partial charge < -0.3 is 19.3 Å². The van der Waals surface area contributed by atoms with Crippen molar-refractivity contribution in [3.05, 3.63) is 106 Å². The van der Waals surface area contributed by atoms with Crippen molar-refractivity contribution in [3.63, 3.8) is 0 Å². The first-order chi connectivity index (χ1) is 38.7. The van der Waals surface area contributed by atoms with Crippen LogP contribution in [-0.2, 0) is 64.0 Å². The number of sulfone groups is 3. The van der Waals surface area contributed by atoms with Gasteiger partial charge in [0.25, 0.3) is 11.8 Å². The van der Waals surface area contributed by atoms with Crippen LogP contribution >= 0.6 is 0 Å². The van der Waals surface area contributed by atoms with Gasteiger partial charge in [0.1, 0.15) is 0 Å². The first kappa shape index (κ1) is 68.5. The van der Waals surface area contributed by atoms with E-state index in [1.807, 2.05) is 73.9 Å². The second kappa shape index (κ2) is 29.4. The second-order valence-electron chi connectivity index (χ2n) is 28.6. The average molecular weight is 1210 g/mol. The molecular formula is C68H106N2O10S3. The smallest absolute Gasteiger partial charge is 0.254 e. The molecule has 2 amide bonds. The molecule has 0 radical (unpaired) electrons. The van der Waals surface area contributed by atoms with E-state index >= 15 is 0 Å². The average Bonchev–Trinajstić information content (AvgIpc) is 4.24. The summed E-state index contributed by atoms with van der Waals surface area (Å²) < 4.78 is 83.7. The summed E-state index contributed by atoms with van der Waals surface area (Å²) >= 11 is 0. The number of hydrogen-bond acceptors (Lipinski definition) is 10. The lowest BCUT2D eigenvalue weighted by molar-refractivity contribution is -0.0586. The number of nitrogens with zero attached hydrogens (tertiary/aromatic N) is 2. The van der Waals surface area contributed by atoms with Crippen LogP contribution < -0.4 is 0 Å². The van der Waals surface area contributed by atoms with E-state index in [1.54, 1.807) is 62.3 Å². The summed E-state index contributed by atoms with van der Waals surface area (Å²) in [6, 6.07) is 24.2. The number of ether oxygens (including phenoxy) is 2. The van der Waals surface area contributed by atoms with Gasteiger partial charge in [0.2, 0.25) is 0 Å². The summed E-state index contributed by atoms with van der Waals surface area (Å²) in [5.74, 6) is 3.84. The van der Waals surface area contributed by atoms with E-state index in [-0.39, 0.29) is 42.0 Å². The van der Waals surface area contributed by atoms with Gasteiger partial charge in [0, 0.05) is 37.3 Å². The van der Waals surface area contributed by atoms with Gasteiger partial charge in [-0.05, 0) is 230 Å². The van der Waals surface area contributed by atoms with Crippen molar-refractivity contribution in [3.8, 4) is 0 Å². The normalized spacial score (nSPS) is 24.9. The van der Waals surface area contributed by atoms with Gasteiger partial charge in [-0.3, -0.25) is 9.59 Å². The molecule has 0 aromatic heterocycles. The molecule has 3 aromatic carbocycles. The minimum atomic E-state index is -3.08. The van der Waals surface area contributed by atoms with Gasteiger partial charge in [0.15, 0.2) is 29.5 Å². The fourth-order valence-electron chi connectivity index (χ4n) is 12.0. The third-order valence-electron chi connectivity index (χ3n) is 18.0. The first-order valence-corrected chi connectivity index (χ1v) is 36.4. The molecule has 0 bridgehead atoms. The van der Waals surface area contributed by atoms with Crippen molar-refractivity contribution >= 4 is 41.3 Å². The molecule has 0 spiro atoms. The molecule has 2 heterocycles. The van der Waals surface area contributed by atoms with E-state index in [4.69, 9.17) is 9.47 Å². The summed E-state index contributed by atoms with van der Waals surface area (Å²) in [5, 5.41) is 0. The van der Waals surface area contributed by atoms with E-state index < -0.39 is 43.8 Å². The van der Waals surface area contributed by atoms with Gasteiger partial charge in [-0.2, -0.15) is 0 Å². The lowest BCUT2D eigenvalue weighted by Gasteiger charge is -2.35. The van der Waals surface area contributed by atoms with Crippen LogP contribution in [0, 0.1) is 29.6 Å². The van der Waals surface area contributed by atoms with Crippen LogP contribution in [0.2, 0.25) is 0 Å². The molecule has 5 fully saturated rings.